The van der Waals surface area contributed by atoms with E-state index in [1.807, 2.05) is 24.4 Å². The van der Waals surface area contributed by atoms with Crippen LogP contribution in [0, 0.1) is 0 Å². The second-order valence-electron chi connectivity index (χ2n) is 6.70. The molecule has 1 aliphatic rings. The molecule has 1 aliphatic heterocycles. The Bertz CT molecular complexity index is 801. The van der Waals surface area contributed by atoms with E-state index < -0.39 is 0 Å². The van der Waals surface area contributed by atoms with Crippen molar-refractivity contribution in [1.82, 2.24) is 25.1 Å². The maximum atomic E-state index is 4.54. The predicted molar refractivity (Wildman–Crippen MR) is 102 cm³/mol. The fraction of sp³-hybridized carbons (Fsp3) is 0.350. The molecule has 3 aromatic rings. The zero-order valence-corrected chi connectivity index (χ0v) is 14.8. The summed E-state index contributed by atoms with van der Waals surface area (Å²) in [5, 5.41) is 11.9. The number of anilines is 1. The molecular formula is C20H24N6. The molecule has 26 heavy (non-hydrogen) atoms. The van der Waals surface area contributed by atoms with Gasteiger partial charge in [0.1, 0.15) is 5.82 Å². The monoisotopic (exact) mass is 348 g/mol. The highest BCUT2D eigenvalue weighted by Gasteiger charge is 2.21. The number of hydrogen-bond donors (Lipinski definition) is 1. The molecule has 6 nitrogen and oxygen atoms in total. The second kappa shape index (κ2) is 8.10. The zero-order chi connectivity index (χ0) is 17.6. The molecule has 1 unspecified atom stereocenters. The summed E-state index contributed by atoms with van der Waals surface area (Å²) in [6.45, 7) is 3.63. The summed E-state index contributed by atoms with van der Waals surface area (Å²) in [7, 11) is 0. The van der Waals surface area contributed by atoms with Gasteiger partial charge in [-0.05, 0) is 30.5 Å². The van der Waals surface area contributed by atoms with Crippen LogP contribution in [0.2, 0.25) is 0 Å². The van der Waals surface area contributed by atoms with Crippen molar-refractivity contribution >= 4 is 5.82 Å². The molecule has 0 aliphatic carbocycles. The molecule has 4 rings (SSSR count). The molecule has 0 radical (unpaired) electrons. The van der Waals surface area contributed by atoms with E-state index in [0.29, 0.717) is 6.04 Å². The minimum atomic E-state index is 0.438. The number of aromatic nitrogens is 4. The highest BCUT2D eigenvalue weighted by atomic mass is 15.3. The van der Waals surface area contributed by atoms with Gasteiger partial charge >= 0.3 is 0 Å². The molecule has 6 heteroatoms. The van der Waals surface area contributed by atoms with Crippen LogP contribution in [0.4, 0.5) is 5.82 Å². The van der Waals surface area contributed by atoms with Crippen molar-refractivity contribution in [2.75, 3.05) is 18.0 Å². The lowest BCUT2D eigenvalue weighted by atomic mass is 10.1. The predicted octanol–water partition coefficient (Wildman–Crippen LogP) is 2.48. The van der Waals surface area contributed by atoms with Gasteiger partial charge in [-0.15, -0.1) is 5.10 Å². The second-order valence-corrected chi connectivity index (χ2v) is 6.70. The molecule has 0 spiro atoms. The lowest BCUT2D eigenvalue weighted by Crippen LogP contribution is -2.46. The van der Waals surface area contributed by atoms with E-state index >= 15 is 0 Å². The van der Waals surface area contributed by atoms with Gasteiger partial charge in [-0.3, -0.25) is 0 Å². The van der Waals surface area contributed by atoms with Crippen molar-refractivity contribution in [3.8, 4) is 0 Å². The quantitative estimate of drug-likeness (QED) is 0.742. The molecule has 1 atom stereocenters. The van der Waals surface area contributed by atoms with Gasteiger partial charge < -0.3 is 14.8 Å². The first-order chi connectivity index (χ1) is 12.9. The molecule has 0 saturated carbocycles. The molecule has 0 bridgehead atoms. The van der Waals surface area contributed by atoms with Gasteiger partial charge in [0, 0.05) is 44.3 Å². The molecule has 1 aromatic carbocycles. The van der Waals surface area contributed by atoms with Crippen molar-refractivity contribution in [2.45, 2.75) is 32.0 Å². The first kappa shape index (κ1) is 16.7. The maximum absolute atomic E-state index is 4.54. The Labute approximate surface area is 153 Å². The van der Waals surface area contributed by atoms with Crippen LogP contribution < -0.4 is 10.2 Å². The minimum Gasteiger partial charge on any atom is -0.354 e. The highest BCUT2D eigenvalue weighted by Crippen LogP contribution is 2.17. The van der Waals surface area contributed by atoms with Crippen molar-refractivity contribution < 1.29 is 0 Å². The summed E-state index contributed by atoms with van der Waals surface area (Å²) in [4.78, 5) is 6.85. The van der Waals surface area contributed by atoms with Crippen molar-refractivity contribution in [3.63, 3.8) is 0 Å². The fourth-order valence-electron chi connectivity index (χ4n) is 3.48. The minimum absolute atomic E-state index is 0.438. The third-order valence-corrected chi connectivity index (χ3v) is 4.85. The van der Waals surface area contributed by atoms with Gasteiger partial charge in [-0.1, -0.05) is 30.3 Å². The van der Waals surface area contributed by atoms with Crippen LogP contribution in [0.5, 0.6) is 0 Å². The third kappa shape index (κ3) is 4.08. The van der Waals surface area contributed by atoms with Gasteiger partial charge in [-0.2, -0.15) is 5.10 Å². The number of piperidine rings is 1. The molecule has 134 valence electrons. The average Bonchev–Trinajstić information content (AvgIpc) is 3.15. The van der Waals surface area contributed by atoms with E-state index in [4.69, 9.17) is 0 Å². The molecule has 1 saturated heterocycles. The first-order valence-electron chi connectivity index (χ1n) is 9.18. The van der Waals surface area contributed by atoms with Gasteiger partial charge in [0.2, 0.25) is 0 Å². The lowest BCUT2D eigenvalue weighted by Gasteiger charge is -2.33. The van der Waals surface area contributed by atoms with Crippen LogP contribution in [-0.4, -0.2) is 38.9 Å². The number of rotatable bonds is 6. The zero-order valence-electron chi connectivity index (χ0n) is 14.8. The Kier molecular flexibility index (Phi) is 5.21. The maximum Gasteiger partial charge on any atom is 0.151 e. The Morgan fingerprint density at radius 3 is 2.85 bits per heavy atom. The van der Waals surface area contributed by atoms with Gasteiger partial charge in [0.25, 0.3) is 0 Å². The smallest absolute Gasteiger partial charge is 0.151 e. The van der Waals surface area contributed by atoms with Gasteiger partial charge in [0.05, 0.1) is 6.54 Å². The van der Waals surface area contributed by atoms with Crippen LogP contribution in [0.1, 0.15) is 24.2 Å². The number of benzene rings is 1. The molecule has 3 heterocycles. The van der Waals surface area contributed by atoms with E-state index in [1.165, 1.54) is 12.0 Å². The number of hydrogen-bond acceptors (Lipinski definition) is 5. The molecule has 2 aromatic heterocycles. The first-order valence-corrected chi connectivity index (χ1v) is 9.18. The lowest BCUT2D eigenvalue weighted by molar-refractivity contribution is 0.412. The number of nitrogens with zero attached hydrogens (tertiary/aromatic N) is 5. The Morgan fingerprint density at radius 2 is 2.00 bits per heavy atom. The third-order valence-electron chi connectivity index (χ3n) is 4.85. The number of nitrogens with one attached hydrogen (secondary N) is 1. The van der Waals surface area contributed by atoms with Crippen molar-refractivity contribution in [3.05, 3.63) is 72.4 Å². The Hall–Kier alpha value is -2.73. The fourth-order valence-corrected chi connectivity index (χ4v) is 3.48. The van der Waals surface area contributed by atoms with Crippen LogP contribution in [0.25, 0.3) is 0 Å². The van der Waals surface area contributed by atoms with E-state index in [0.717, 1.165) is 44.2 Å². The Balaban J connectivity index is 1.35. The number of imidazole rings is 1. The molecule has 0 amide bonds. The van der Waals surface area contributed by atoms with E-state index in [2.05, 4.69) is 60.4 Å². The summed E-state index contributed by atoms with van der Waals surface area (Å²) in [5.41, 5.74) is 1.29. The van der Waals surface area contributed by atoms with Crippen LogP contribution >= 0.6 is 0 Å². The van der Waals surface area contributed by atoms with E-state index in [9.17, 15) is 0 Å². The Morgan fingerprint density at radius 1 is 1.08 bits per heavy atom. The SMILES string of the molecule is c1ccc(Cn2ccnc2CNC2CCCN(c3cccnn3)C2)cc1. The standard InChI is InChI=1S/C20H24N6/c1-2-6-17(7-3-1)15-26-13-11-21-20(26)14-22-18-8-5-12-25(16-18)19-9-4-10-23-24-19/h1-4,6-7,9-11,13,18,22H,5,8,12,14-16H2. The summed E-state index contributed by atoms with van der Waals surface area (Å²) in [5.74, 6) is 2.04. The van der Waals surface area contributed by atoms with Crippen LogP contribution in [0.3, 0.4) is 0 Å². The van der Waals surface area contributed by atoms with E-state index in [1.54, 1.807) is 6.20 Å². The van der Waals surface area contributed by atoms with Crippen LogP contribution in [0.15, 0.2) is 61.1 Å². The van der Waals surface area contributed by atoms with E-state index in [-0.39, 0.29) is 0 Å². The molecule has 1 N–H and O–H groups in total. The normalized spacial score (nSPS) is 17.4. The van der Waals surface area contributed by atoms with Gasteiger partial charge in [0.15, 0.2) is 5.82 Å². The van der Waals surface area contributed by atoms with Crippen molar-refractivity contribution in [1.29, 1.82) is 0 Å². The molecule has 1 fully saturated rings. The summed E-state index contributed by atoms with van der Waals surface area (Å²) in [6, 6.07) is 14.9. The van der Waals surface area contributed by atoms with Crippen LogP contribution in [-0.2, 0) is 13.1 Å². The topological polar surface area (TPSA) is 58.9 Å². The summed E-state index contributed by atoms with van der Waals surface area (Å²) < 4.78 is 2.21. The van der Waals surface area contributed by atoms with Crippen molar-refractivity contribution in [2.24, 2.45) is 0 Å². The highest BCUT2D eigenvalue weighted by molar-refractivity contribution is 5.37. The summed E-state index contributed by atoms with van der Waals surface area (Å²) in [6.07, 6.45) is 7.99. The largest absolute Gasteiger partial charge is 0.354 e. The molecular weight excluding hydrogens is 324 g/mol. The average molecular weight is 348 g/mol. The summed E-state index contributed by atoms with van der Waals surface area (Å²) >= 11 is 0. The van der Waals surface area contributed by atoms with Gasteiger partial charge in [-0.25, -0.2) is 4.98 Å².